The van der Waals surface area contributed by atoms with Gasteiger partial charge in [-0.2, -0.15) is 0 Å². The highest BCUT2D eigenvalue weighted by atomic mass is 79.9. The van der Waals surface area contributed by atoms with Crippen molar-refractivity contribution < 1.29 is 19.0 Å². The Bertz CT molecular complexity index is 748. The summed E-state index contributed by atoms with van der Waals surface area (Å²) >= 11 is 3.45. The minimum absolute atomic E-state index is 0.00856. The maximum absolute atomic E-state index is 12.6. The molecule has 0 fully saturated rings. The highest BCUT2D eigenvalue weighted by Gasteiger charge is 2.14. The zero-order valence-electron chi connectivity index (χ0n) is 14.8. The maximum atomic E-state index is 12.6. The Hall–Kier alpha value is -2.21. The van der Waals surface area contributed by atoms with Gasteiger partial charge in [0.05, 0.1) is 27.8 Å². The summed E-state index contributed by atoms with van der Waals surface area (Å²) in [4.78, 5) is 14.2. The molecule has 0 radical (unpaired) electrons. The lowest BCUT2D eigenvalue weighted by Crippen LogP contribution is -2.28. The first kappa shape index (κ1) is 19.1. The molecule has 5 nitrogen and oxygen atoms in total. The molecule has 0 atom stereocenters. The van der Waals surface area contributed by atoms with E-state index in [1.165, 1.54) is 0 Å². The van der Waals surface area contributed by atoms with Crippen molar-refractivity contribution >= 4 is 21.8 Å². The Kier molecular flexibility index (Phi) is 6.70. The number of halogens is 1. The van der Waals surface area contributed by atoms with E-state index in [9.17, 15) is 4.79 Å². The van der Waals surface area contributed by atoms with Crippen molar-refractivity contribution in [1.29, 1.82) is 0 Å². The molecule has 1 amide bonds. The smallest absolute Gasteiger partial charge is 0.227 e. The third kappa shape index (κ3) is 4.89. The molecule has 0 aliphatic carbocycles. The van der Waals surface area contributed by atoms with Crippen LogP contribution in [-0.4, -0.2) is 39.2 Å². The summed E-state index contributed by atoms with van der Waals surface area (Å²) < 4.78 is 16.8. The largest absolute Gasteiger partial charge is 0.496 e. The van der Waals surface area contributed by atoms with E-state index in [4.69, 9.17) is 14.2 Å². The van der Waals surface area contributed by atoms with Gasteiger partial charge >= 0.3 is 0 Å². The second kappa shape index (κ2) is 8.76. The van der Waals surface area contributed by atoms with Crippen LogP contribution in [0.1, 0.15) is 11.1 Å². The van der Waals surface area contributed by atoms with Gasteiger partial charge in [-0.15, -0.1) is 0 Å². The van der Waals surface area contributed by atoms with Gasteiger partial charge in [0, 0.05) is 23.6 Å². The molecule has 2 rings (SSSR count). The third-order valence-corrected chi connectivity index (χ3v) is 4.37. The molecule has 2 aromatic carbocycles. The minimum atomic E-state index is 0.00856. The van der Waals surface area contributed by atoms with Crippen LogP contribution in [0.5, 0.6) is 17.2 Å². The number of amides is 1. The molecule has 0 unspecified atom stereocenters. The van der Waals surface area contributed by atoms with E-state index in [1.54, 1.807) is 39.3 Å². The number of likely N-dealkylation sites (N-methyl/N-ethyl adjacent to an activating group) is 1. The van der Waals surface area contributed by atoms with Crippen LogP contribution in [0, 0.1) is 0 Å². The number of carbonyl (C=O) groups is 1. The molecule has 25 heavy (non-hydrogen) atoms. The summed E-state index contributed by atoms with van der Waals surface area (Å²) in [5.74, 6) is 2.03. The van der Waals surface area contributed by atoms with E-state index in [1.807, 2.05) is 30.3 Å². The van der Waals surface area contributed by atoms with Crippen molar-refractivity contribution in [2.75, 3.05) is 28.4 Å². The second-order valence-electron chi connectivity index (χ2n) is 5.57. The number of hydrogen-bond donors (Lipinski definition) is 0. The molecule has 0 bridgehead atoms. The standard InChI is InChI=1S/C19H22BrNO4/c1-21(12-14-11-15(20)6-8-16(14)23-2)19(22)10-13-5-7-17(24-3)18(9-13)25-4/h5-9,11H,10,12H2,1-4H3. The minimum Gasteiger partial charge on any atom is -0.496 e. The Labute approximate surface area is 156 Å². The summed E-state index contributed by atoms with van der Waals surface area (Å²) in [5.41, 5.74) is 1.82. The van der Waals surface area contributed by atoms with Gasteiger partial charge in [-0.1, -0.05) is 22.0 Å². The van der Waals surface area contributed by atoms with E-state index in [2.05, 4.69) is 15.9 Å². The van der Waals surface area contributed by atoms with Crippen LogP contribution < -0.4 is 14.2 Å². The highest BCUT2D eigenvalue weighted by molar-refractivity contribution is 9.10. The first-order chi connectivity index (χ1) is 12.0. The Balaban J connectivity index is 2.09. The van der Waals surface area contributed by atoms with Crippen LogP contribution in [0.4, 0.5) is 0 Å². The first-order valence-corrected chi connectivity index (χ1v) is 8.55. The van der Waals surface area contributed by atoms with Crippen molar-refractivity contribution in [3.63, 3.8) is 0 Å². The zero-order valence-corrected chi connectivity index (χ0v) is 16.4. The summed E-state index contributed by atoms with van der Waals surface area (Å²) in [6.07, 6.45) is 0.285. The molecule has 0 aromatic heterocycles. The molecule has 0 N–H and O–H groups in total. The van der Waals surface area contributed by atoms with Crippen molar-refractivity contribution in [3.8, 4) is 17.2 Å². The van der Waals surface area contributed by atoms with Gasteiger partial charge in [0.25, 0.3) is 0 Å². The molecule has 2 aromatic rings. The summed E-state index contributed by atoms with van der Waals surface area (Å²) in [6, 6.07) is 11.2. The average molecular weight is 408 g/mol. The SMILES string of the molecule is COc1ccc(Br)cc1CN(C)C(=O)Cc1ccc(OC)c(OC)c1. The van der Waals surface area contributed by atoms with Gasteiger partial charge in [0.15, 0.2) is 11.5 Å². The molecular formula is C19H22BrNO4. The number of methoxy groups -OCH3 is 3. The van der Waals surface area contributed by atoms with Crippen LogP contribution >= 0.6 is 15.9 Å². The predicted molar refractivity (Wildman–Crippen MR) is 100 cm³/mol. The van der Waals surface area contributed by atoms with E-state index < -0.39 is 0 Å². The van der Waals surface area contributed by atoms with Crippen molar-refractivity contribution in [1.82, 2.24) is 4.90 Å². The molecule has 0 aliphatic heterocycles. The fraction of sp³-hybridized carbons (Fsp3) is 0.316. The highest BCUT2D eigenvalue weighted by Crippen LogP contribution is 2.28. The van der Waals surface area contributed by atoms with Crippen LogP contribution in [0.3, 0.4) is 0 Å². The molecule has 0 saturated carbocycles. The van der Waals surface area contributed by atoms with Gasteiger partial charge in [0.1, 0.15) is 5.75 Å². The van der Waals surface area contributed by atoms with Crippen molar-refractivity contribution in [3.05, 3.63) is 52.0 Å². The van der Waals surface area contributed by atoms with Crippen LogP contribution in [0.2, 0.25) is 0 Å². The van der Waals surface area contributed by atoms with Crippen LogP contribution in [0.15, 0.2) is 40.9 Å². The van der Waals surface area contributed by atoms with Gasteiger partial charge in [0.2, 0.25) is 5.91 Å². The average Bonchev–Trinajstić information content (AvgIpc) is 2.61. The van der Waals surface area contributed by atoms with Crippen molar-refractivity contribution in [2.45, 2.75) is 13.0 Å². The number of nitrogens with zero attached hydrogens (tertiary/aromatic N) is 1. The van der Waals surface area contributed by atoms with Crippen LogP contribution in [-0.2, 0) is 17.8 Å². The quantitative estimate of drug-likeness (QED) is 0.702. The molecule has 6 heteroatoms. The summed E-state index contributed by atoms with van der Waals surface area (Å²) in [6.45, 7) is 0.467. The van der Waals surface area contributed by atoms with Crippen LogP contribution in [0.25, 0.3) is 0 Å². The summed E-state index contributed by atoms with van der Waals surface area (Å²) in [5, 5.41) is 0. The fourth-order valence-corrected chi connectivity index (χ4v) is 2.92. The Morgan fingerprint density at radius 3 is 2.24 bits per heavy atom. The topological polar surface area (TPSA) is 48.0 Å². The lowest BCUT2D eigenvalue weighted by molar-refractivity contribution is -0.129. The Morgan fingerprint density at radius 1 is 0.960 bits per heavy atom. The van der Waals surface area contributed by atoms with E-state index >= 15 is 0 Å². The fourth-order valence-electron chi connectivity index (χ4n) is 2.51. The monoisotopic (exact) mass is 407 g/mol. The first-order valence-electron chi connectivity index (χ1n) is 7.75. The number of carbonyl (C=O) groups excluding carboxylic acids is 1. The lowest BCUT2D eigenvalue weighted by atomic mass is 10.1. The van der Waals surface area contributed by atoms with Gasteiger partial charge in [-0.25, -0.2) is 0 Å². The maximum Gasteiger partial charge on any atom is 0.227 e. The molecule has 134 valence electrons. The summed E-state index contributed by atoms with van der Waals surface area (Å²) in [7, 11) is 6.57. The van der Waals surface area contributed by atoms with Crippen molar-refractivity contribution in [2.24, 2.45) is 0 Å². The van der Waals surface area contributed by atoms with E-state index in [0.29, 0.717) is 18.0 Å². The van der Waals surface area contributed by atoms with Gasteiger partial charge in [-0.05, 0) is 35.9 Å². The molecule has 0 spiro atoms. The van der Waals surface area contributed by atoms with Gasteiger partial charge in [-0.3, -0.25) is 4.79 Å². The number of hydrogen-bond acceptors (Lipinski definition) is 4. The number of rotatable bonds is 7. The molecular weight excluding hydrogens is 386 g/mol. The lowest BCUT2D eigenvalue weighted by Gasteiger charge is -2.19. The third-order valence-electron chi connectivity index (χ3n) is 3.88. The Morgan fingerprint density at radius 2 is 1.60 bits per heavy atom. The normalized spacial score (nSPS) is 10.3. The van der Waals surface area contributed by atoms with E-state index in [0.717, 1.165) is 21.3 Å². The molecule has 0 saturated heterocycles. The number of ether oxygens (including phenoxy) is 3. The predicted octanol–water partition coefficient (Wildman–Crippen LogP) is 3.68. The van der Waals surface area contributed by atoms with Gasteiger partial charge < -0.3 is 19.1 Å². The molecule has 0 heterocycles. The second-order valence-corrected chi connectivity index (χ2v) is 6.49. The van der Waals surface area contributed by atoms with E-state index in [-0.39, 0.29) is 12.3 Å². The number of benzene rings is 2. The molecule has 0 aliphatic rings. The zero-order chi connectivity index (χ0) is 18.4.